The number of pyridine rings is 1. The van der Waals surface area contributed by atoms with Gasteiger partial charge < -0.3 is 20.1 Å². The normalized spacial score (nSPS) is 14.0. The highest BCUT2D eigenvalue weighted by atomic mass is 32.2. The molecule has 1 unspecified atom stereocenters. The number of benzene rings is 3. The number of aliphatic hydroxyl groups is 1. The van der Waals surface area contributed by atoms with Gasteiger partial charge in [-0.05, 0) is 48.7 Å². The van der Waals surface area contributed by atoms with Crippen molar-refractivity contribution in [1.29, 1.82) is 0 Å². The van der Waals surface area contributed by atoms with Crippen molar-refractivity contribution in [2.24, 2.45) is 0 Å². The van der Waals surface area contributed by atoms with E-state index in [2.05, 4.69) is 10.3 Å². The zero-order valence-electron chi connectivity index (χ0n) is 24.7. The number of nitrogens with one attached hydrogen (secondary N) is 1. The molecule has 1 atom stereocenters. The van der Waals surface area contributed by atoms with Crippen LogP contribution in [0.5, 0.6) is 5.75 Å². The van der Waals surface area contributed by atoms with Crippen LogP contribution in [0.2, 0.25) is 0 Å². The second kappa shape index (κ2) is 14.5. The van der Waals surface area contributed by atoms with Gasteiger partial charge in [0, 0.05) is 42.3 Å². The van der Waals surface area contributed by atoms with Crippen LogP contribution in [0.15, 0.2) is 88.9 Å². The van der Waals surface area contributed by atoms with Crippen LogP contribution < -0.4 is 15.0 Å². The van der Waals surface area contributed by atoms with Gasteiger partial charge in [-0.25, -0.2) is 0 Å². The van der Waals surface area contributed by atoms with Crippen molar-refractivity contribution < 1.29 is 40.6 Å². The van der Waals surface area contributed by atoms with Crippen molar-refractivity contribution in [2.75, 3.05) is 24.6 Å². The first-order valence-corrected chi connectivity index (χ1v) is 17.0. The Morgan fingerprint density at radius 3 is 2.11 bits per heavy atom. The first-order chi connectivity index (χ1) is 21.3. The Bertz CT molecular complexity index is 1790. The zero-order valence-corrected chi connectivity index (χ0v) is 26.3. The van der Waals surface area contributed by atoms with E-state index in [1.165, 1.54) is 24.3 Å². The lowest BCUT2D eigenvalue weighted by molar-refractivity contribution is 0.0976. The number of hydrogen-bond donors (Lipinski definition) is 4. The number of rotatable bonds is 9. The summed E-state index contributed by atoms with van der Waals surface area (Å²) in [5.74, 6) is 0.551. The Balaban J connectivity index is 0.000000222. The first-order valence-electron chi connectivity index (χ1n) is 14.1. The summed E-state index contributed by atoms with van der Waals surface area (Å²) in [4.78, 5) is 18.0. The molecule has 0 aliphatic carbocycles. The van der Waals surface area contributed by atoms with Gasteiger partial charge in [-0.3, -0.25) is 18.9 Å². The number of fused-ring (bicyclic) bond motifs is 2. The smallest absolute Gasteiger partial charge is 0.295 e. The van der Waals surface area contributed by atoms with Gasteiger partial charge in [0.15, 0.2) is 0 Å². The molecule has 1 amide bonds. The molecule has 45 heavy (non-hydrogen) atoms. The molecule has 14 heteroatoms. The zero-order chi connectivity index (χ0) is 32.8. The van der Waals surface area contributed by atoms with E-state index in [1.807, 2.05) is 32.0 Å². The van der Waals surface area contributed by atoms with Crippen LogP contribution >= 0.6 is 0 Å². The number of hydrogen-bond acceptors (Lipinski definition) is 9. The average molecular weight is 658 g/mol. The fraction of sp³-hybridized carbons (Fsp3) is 0.290. The topological polar surface area (TPSA) is 183 Å². The quantitative estimate of drug-likeness (QED) is 0.192. The Morgan fingerprint density at radius 2 is 1.56 bits per heavy atom. The summed E-state index contributed by atoms with van der Waals surface area (Å²) < 4.78 is 68.6. The Kier molecular flexibility index (Phi) is 10.9. The molecule has 0 saturated heterocycles. The van der Waals surface area contributed by atoms with E-state index in [0.29, 0.717) is 30.4 Å². The van der Waals surface area contributed by atoms with E-state index in [0.717, 1.165) is 36.2 Å². The monoisotopic (exact) mass is 657 g/mol. The molecule has 3 aromatic carbocycles. The van der Waals surface area contributed by atoms with E-state index in [9.17, 15) is 26.7 Å². The SMILES string of the molecule is CC(C)NCC(O)COc1cccc2c1N(C(=O)c1cccnc1)CCC2.O=S(=O)(O)c1cccc2c(S(=O)(=O)O)cccc12. The third kappa shape index (κ3) is 8.63. The Labute approximate surface area is 262 Å². The number of para-hydroxylation sites is 1. The molecule has 1 aliphatic rings. The lowest BCUT2D eigenvalue weighted by atomic mass is 10.00. The molecular weight excluding hydrogens is 622 g/mol. The molecule has 0 bridgehead atoms. The van der Waals surface area contributed by atoms with Crippen molar-refractivity contribution in [3.8, 4) is 5.75 Å². The first kappa shape index (κ1) is 34.0. The minimum atomic E-state index is -4.47. The summed E-state index contributed by atoms with van der Waals surface area (Å²) in [5.41, 5.74) is 2.45. The molecule has 2 heterocycles. The van der Waals surface area contributed by atoms with Crippen molar-refractivity contribution in [3.63, 3.8) is 0 Å². The average Bonchev–Trinajstić information content (AvgIpc) is 3.01. The van der Waals surface area contributed by atoms with Gasteiger partial charge in [0.05, 0.1) is 11.3 Å². The predicted molar refractivity (Wildman–Crippen MR) is 169 cm³/mol. The fourth-order valence-corrected chi connectivity index (χ4v) is 6.31. The minimum absolute atomic E-state index is 0.0233. The Hall–Kier alpha value is -3.92. The van der Waals surface area contributed by atoms with E-state index >= 15 is 0 Å². The van der Waals surface area contributed by atoms with Crippen molar-refractivity contribution >= 4 is 42.6 Å². The van der Waals surface area contributed by atoms with Gasteiger partial charge in [0.25, 0.3) is 26.1 Å². The highest BCUT2D eigenvalue weighted by Crippen LogP contribution is 2.37. The maximum atomic E-state index is 13.0. The molecule has 0 fully saturated rings. The van der Waals surface area contributed by atoms with Crippen molar-refractivity contribution in [3.05, 3.63) is 90.3 Å². The molecule has 0 spiro atoms. The lowest BCUT2D eigenvalue weighted by Crippen LogP contribution is -2.37. The van der Waals surface area contributed by atoms with Crippen LogP contribution in [-0.2, 0) is 26.7 Å². The number of aryl methyl sites for hydroxylation is 1. The van der Waals surface area contributed by atoms with Gasteiger partial charge in [-0.2, -0.15) is 16.8 Å². The lowest BCUT2D eigenvalue weighted by Gasteiger charge is -2.31. The maximum absolute atomic E-state index is 13.0. The van der Waals surface area contributed by atoms with Gasteiger partial charge in [-0.1, -0.05) is 50.2 Å². The molecule has 1 aliphatic heterocycles. The van der Waals surface area contributed by atoms with Crippen molar-refractivity contribution in [1.82, 2.24) is 10.3 Å². The van der Waals surface area contributed by atoms with Gasteiger partial charge in [0.1, 0.15) is 28.3 Å². The number of carbonyl (C=O) groups is 1. The van der Waals surface area contributed by atoms with Gasteiger partial charge in [0.2, 0.25) is 0 Å². The molecule has 4 N–H and O–H groups in total. The summed E-state index contributed by atoms with van der Waals surface area (Å²) in [6.07, 6.45) is 4.43. The number of aromatic nitrogens is 1. The fourth-order valence-electron chi connectivity index (χ4n) is 4.90. The standard InChI is InChI=1S/C21H27N3O3.C10H8O6S2/c1-15(2)23-13-18(25)14-27-19-9-3-6-16-8-5-11-24(20(16)19)21(26)17-7-4-10-22-12-17;11-17(12,13)9-5-1-3-7-8(9)4-2-6-10(7)18(14,15)16/h3-4,6-7,9-10,12,15,18,23,25H,5,8,11,13-14H2,1-2H3;1-6H,(H,11,12,13)(H,14,15,16). The van der Waals surface area contributed by atoms with Crippen LogP contribution in [-0.4, -0.2) is 73.8 Å². The largest absolute Gasteiger partial charge is 0.489 e. The van der Waals surface area contributed by atoms with Crippen LogP contribution in [0.3, 0.4) is 0 Å². The third-order valence-corrected chi connectivity index (χ3v) is 8.75. The number of anilines is 1. The summed E-state index contributed by atoms with van der Waals surface area (Å²) >= 11 is 0. The van der Waals surface area contributed by atoms with Crippen LogP contribution in [0.1, 0.15) is 36.2 Å². The second-order valence-corrected chi connectivity index (χ2v) is 13.4. The highest BCUT2D eigenvalue weighted by molar-refractivity contribution is 7.86. The summed E-state index contributed by atoms with van der Waals surface area (Å²) in [5, 5.41) is 13.4. The molecule has 0 saturated carbocycles. The molecule has 1 aromatic heterocycles. The molecular formula is C31H35N3O9S2. The number of amides is 1. The second-order valence-electron chi connectivity index (χ2n) is 10.7. The van der Waals surface area contributed by atoms with Crippen LogP contribution in [0, 0.1) is 0 Å². The number of nitrogens with zero attached hydrogens (tertiary/aromatic N) is 2. The molecule has 5 rings (SSSR count). The minimum Gasteiger partial charge on any atom is -0.489 e. The molecule has 240 valence electrons. The molecule has 12 nitrogen and oxygen atoms in total. The third-order valence-electron chi connectivity index (χ3n) is 6.92. The number of carbonyl (C=O) groups excluding carboxylic acids is 1. The van der Waals surface area contributed by atoms with E-state index in [4.69, 9.17) is 13.8 Å². The number of aliphatic hydroxyl groups excluding tert-OH is 1. The van der Waals surface area contributed by atoms with E-state index < -0.39 is 36.1 Å². The molecule has 0 radical (unpaired) electrons. The highest BCUT2D eigenvalue weighted by Gasteiger charge is 2.27. The van der Waals surface area contributed by atoms with Crippen molar-refractivity contribution in [2.45, 2.75) is 48.6 Å². The predicted octanol–water partition coefficient (Wildman–Crippen LogP) is 3.75. The molecule has 4 aromatic rings. The van der Waals surface area contributed by atoms with Gasteiger partial charge in [-0.15, -0.1) is 0 Å². The van der Waals surface area contributed by atoms with Crippen LogP contribution in [0.25, 0.3) is 10.8 Å². The van der Waals surface area contributed by atoms with Crippen LogP contribution in [0.4, 0.5) is 5.69 Å². The van der Waals surface area contributed by atoms with E-state index in [1.54, 1.807) is 29.4 Å². The maximum Gasteiger partial charge on any atom is 0.295 e. The van der Waals surface area contributed by atoms with Gasteiger partial charge >= 0.3 is 0 Å². The number of ether oxygens (including phenoxy) is 1. The Morgan fingerprint density at radius 1 is 0.933 bits per heavy atom. The summed E-state index contributed by atoms with van der Waals surface area (Å²) in [6.45, 7) is 5.33. The summed E-state index contributed by atoms with van der Waals surface area (Å²) in [7, 11) is -8.94. The summed E-state index contributed by atoms with van der Waals surface area (Å²) in [6, 6.07) is 17.2. The van der Waals surface area contributed by atoms with E-state index in [-0.39, 0.29) is 23.3 Å².